The van der Waals surface area contributed by atoms with E-state index in [2.05, 4.69) is 15.6 Å². The van der Waals surface area contributed by atoms with E-state index in [1.54, 1.807) is 23.9 Å². The van der Waals surface area contributed by atoms with Crippen LogP contribution >= 0.6 is 0 Å². The first-order chi connectivity index (χ1) is 7.67. The van der Waals surface area contributed by atoms with Gasteiger partial charge in [-0.15, -0.1) is 5.10 Å². The highest BCUT2D eigenvalue weighted by molar-refractivity contribution is 5.97. The number of aryl methyl sites for hydroxylation is 1. The first kappa shape index (κ1) is 10.4. The Labute approximate surface area is 91.9 Å². The number of carbonyl (C=O) groups is 1. The third-order valence-corrected chi connectivity index (χ3v) is 2.44. The van der Waals surface area contributed by atoms with E-state index in [1.807, 2.05) is 6.92 Å². The number of hydrogen-bond acceptors (Lipinski definition) is 4. The van der Waals surface area contributed by atoms with Crippen LogP contribution in [0.2, 0.25) is 0 Å². The molecule has 0 aliphatic rings. The number of fused-ring (bicyclic) bond motifs is 1. The van der Waals surface area contributed by atoms with Crippen molar-refractivity contribution in [1.82, 2.24) is 15.0 Å². The average Bonchev–Trinajstić information content (AvgIpc) is 2.70. The van der Waals surface area contributed by atoms with E-state index < -0.39 is 5.97 Å². The summed E-state index contributed by atoms with van der Waals surface area (Å²) < 4.78 is 1.67. The zero-order chi connectivity index (χ0) is 11.7. The fourth-order valence-electron chi connectivity index (χ4n) is 1.62. The predicted octanol–water partition coefficient (Wildman–Crippen LogP) is 1.19. The molecule has 2 aromatic rings. The molecule has 0 saturated heterocycles. The zero-order valence-electron chi connectivity index (χ0n) is 9.06. The van der Waals surface area contributed by atoms with Gasteiger partial charge in [0.25, 0.3) is 0 Å². The molecule has 2 N–H and O–H groups in total. The van der Waals surface area contributed by atoms with Crippen molar-refractivity contribution in [3.05, 3.63) is 17.7 Å². The van der Waals surface area contributed by atoms with E-state index in [1.165, 1.54) is 0 Å². The summed E-state index contributed by atoms with van der Waals surface area (Å²) in [6, 6.07) is 3.14. The van der Waals surface area contributed by atoms with Crippen LogP contribution in [0.1, 0.15) is 17.3 Å². The van der Waals surface area contributed by atoms with Gasteiger partial charge in [-0.25, -0.2) is 9.48 Å². The molecule has 6 nitrogen and oxygen atoms in total. The van der Waals surface area contributed by atoms with Gasteiger partial charge in [0.1, 0.15) is 5.52 Å². The van der Waals surface area contributed by atoms with Crippen LogP contribution in [-0.2, 0) is 6.54 Å². The number of carboxylic acid groups (broad SMARTS) is 1. The molecule has 6 heteroatoms. The van der Waals surface area contributed by atoms with Crippen molar-refractivity contribution in [3.63, 3.8) is 0 Å². The average molecular weight is 220 g/mol. The first-order valence-electron chi connectivity index (χ1n) is 4.95. The number of benzene rings is 1. The summed E-state index contributed by atoms with van der Waals surface area (Å²) in [6.07, 6.45) is 0. The third-order valence-electron chi connectivity index (χ3n) is 2.44. The Bertz CT molecular complexity index is 547. The summed E-state index contributed by atoms with van der Waals surface area (Å²) in [4.78, 5) is 11.0. The fraction of sp³-hybridized carbons (Fsp3) is 0.300. The monoisotopic (exact) mass is 220 g/mol. The van der Waals surface area contributed by atoms with Crippen LogP contribution in [0, 0.1) is 0 Å². The Morgan fingerprint density at radius 2 is 2.31 bits per heavy atom. The van der Waals surface area contributed by atoms with Gasteiger partial charge in [0.2, 0.25) is 0 Å². The van der Waals surface area contributed by atoms with E-state index >= 15 is 0 Å². The molecule has 0 amide bonds. The summed E-state index contributed by atoms with van der Waals surface area (Å²) >= 11 is 0. The molecule has 0 saturated carbocycles. The lowest BCUT2D eigenvalue weighted by Gasteiger charge is -2.04. The van der Waals surface area contributed by atoms with E-state index in [0.29, 0.717) is 17.7 Å². The summed E-state index contributed by atoms with van der Waals surface area (Å²) in [5, 5.41) is 19.9. The molecule has 0 aliphatic carbocycles. The van der Waals surface area contributed by atoms with Crippen LogP contribution in [0.15, 0.2) is 12.1 Å². The molecule has 16 heavy (non-hydrogen) atoms. The molecule has 1 aromatic heterocycles. The lowest BCUT2D eigenvalue weighted by atomic mass is 10.1. The van der Waals surface area contributed by atoms with Gasteiger partial charge in [-0.3, -0.25) is 0 Å². The molecule has 0 radical (unpaired) electrons. The number of hydrogen-bond donors (Lipinski definition) is 2. The highest BCUT2D eigenvalue weighted by Crippen LogP contribution is 2.23. The minimum Gasteiger partial charge on any atom is -0.478 e. The SMILES string of the molecule is CCn1nnc2c(NC)cc(C(=O)O)cc21. The second-order valence-corrected chi connectivity index (χ2v) is 3.35. The first-order valence-corrected chi connectivity index (χ1v) is 4.95. The third kappa shape index (κ3) is 1.48. The smallest absolute Gasteiger partial charge is 0.335 e. The van der Waals surface area contributed by atoms with Crippen LogP contribution in [0.3, 0.4) is 0 Å². The van der Waals surface area contributed by atoms with E-state index in [9.17, 15) is 4.79 Å². The summed E-state index contributed by atoms with van der Waals surface area (Å²) in [5.41, 5.74) is 2.32. The second-order valence-electron chi connectivity index (χ2n) is 3.35. The van der Waals surface area contributed by atoms with Gasteiger partial charge in [-0.2, -0.15) is 0 Å². The minimum absolute atomic E-state index is 0.230. The number of nitrogens with one attached hydrogen (secondary N) is 1. The van der Waals surface area contributed by atoms with E-state index in [-0.39, 0.29) is 5.56 Å². The molecular weight excluding hydrogens is 208 g/mol. The Morgan fingerprint density at radius 1 is 1.56 bits per heavy atom. The summed E-state index contributed by atoms with van der Waals surface area (Å²) in [7, 11) is 1.73. The number of aromatic carboxylic acids is 1. The largest absolute Gasteiger partial charge is 0.478 e. The van der Waals surface area contributed by atoms with Crippen molar-refractivity contribution < 1.29 is 9.90 Å². The number of carboxylic acids is 1. The molecule has 0 atom stereocenters. The van der Waals surface area contributed by atoms with Crippen molar-refractivity contribution in [2.45, 2.75) is 13.5 Å². The predicted molar refractivity (Wildman–Crippen MR) is 59.7 cm³/mol. The van der Waals surface area contributed by atoms with E-state index in [4.69, 9.17) is 5.11 Å². The molecule has 2 rings (SSSR count). The standard InChI is InChI=1S/C10H12N4O2/c1-3-14-8-5-6(10(15)16)4-7(11-2)9(8)12-13-14/h4-5,11H,3H2,1-2H3,(H,15,16). The van der Waals surface area contributed by atoms with Crippen molar-refractivity contribution in [2.24, 2.45) is 0 Å². The number of rotatable bonds is 3. The van der Waals surface area contributed by atoms with Crippen LogP contribution in [-0.4, -0.2) is 33.1 Å². The van der Waals surface area contributed by atoms with Crippen LogP contribution in [0.25, 0.3) is 11.0 Å². The van der Waals surface area contributed by atoms with Crippen LogP contribution < -0.4 is 5.32 Å². The van der Waals surface area contributed by atoms with Gasteiger partial charge in [-0.05, 0) is 19.1 Å². The van der Waals surface area contributed by atoms with Crippen LogP contribution in [0.5, 0.6) is 0 Å². The number of anilines is 1. The zero-order valence-corrected chi connectivity index (χ0v) is 9.06. The summed E-state index contributed by atoms with van der Waals surface area (Å²) in [6.45, 7) is 2.59. The normalized spacial score (nSPS) is 10.6. The summed E-state index contributed by atoms with van der Waals surface area (Å²) in [5.74, 6) is -0.956. The molecule has 84 valence electrons. The van der Waals surface area contributed by atoms with Crippen molar-refractivity contribution in [3.8, 4) is 0 Å². The molecule has 0 aliphatic heterocycles. The maximum absolute atomic E-state index is 11.0. The maximum Gasteiger partial charge on any atom is 0.335 e. The Kier molecular flexibility index (Phi) is 2.47. The van der Waals surface area contributed by atoms with Crippen molar-refractivity contribution in [1.29, 1.82) is 0 Å². The molecule has 0 fully saturated rings. The topological polar surface area (TPSA) is 80.0 Å². The van der Waals surface area contributed by atoms with E-state index in [0.717, 1.165) is 5.52 Å². The quantitative estimate of drug-likeness (QED) is 0.812. The van der Waals surface area contributed by atoms with Gasteiger partial charge in [-0.1, -0.05) is 5.21 Å². The fourth-order valence-corrected chi connectivity index (χ4v) is 1.62. The minimum atomic E-state index is -0.956. The second kappa shape index (κ2) is 3.80. The van der Waals surface area contributed by atoms with Gasteiger partial charge in [0, 0.05) is 13.6 Å². The Hall–Kier alpha value is -2.11. The number of nitrogens with zero attached hydrogens (tertiary/aromatic N) is 3. The molecule has 1 heterocycles. The van der Waals surface area contributed by atoms with Crippen molar-refractivity contribution >= 4 is 22.7 Å². The van der Waals surface area contributed by atoms with Gasteiger partial charge >= 0.3 is 5.97 Å². The molecule has 0 spiro atoms. The Balaban J connectivity index is 2.76. The van der Waals surface area contributed by atoms with Gasteiger partial charge < -0.3 is 10.4 Å². The maximum atomic E-state index is 11.0. The van der Waals surface area contributed by atoms with Gasteiger partial charge in [0.15, 0.2) is 0 Å². The van der Waals surface area contributed by atoms with Crippen molar-refractivity contribution in [2.75, 3.05) is 12.4 Å². The molecule has 0 bridgehead atoms. The lowest BCUT2D eigenvalue weighted by molar-refractivity contribution is 0.0697. The highest BCUT2D eigenvalue weighted by atomic mass is 16.4. The molecule has 0 unspecified atom stereocenters. The molecular formula is C10H12N4O2. The lowest BCUT2D eigenvalue weighted by Crippen LogP contribution is -2.01. The highest BCUT2D eigenvalue weighted by Gasteiger charge is 2.12. The molecule has 1 aromatic carbocycles. The van der Waals surface area contributed by atoms with Gasteiger partial charge in [0.05, 0.1) is 16.8 Å². The Morgan fingerprint density at radius 3 is 2.88 bits per heavy atom. The number of aromatic nitrogens is 3. The van der Waals surface area contributed by atoms with Crippen LogP contribution in [0.4, 0.5) is 5.69 Å².